The number of fused-ring (bicyclic) bond motifs is 1. The Morgan fingerprint density at radius 3 is 2.90 bits per heavy atom. The summed E-state index contributed by atoms with van der Waals surface area (Å²) >= 11 is 7.21. The first-order valence-electron chi connectivity index (χ1n) is 8.43. The topological polar surface area (TPSA) is 105 Å². The van der Waals surface area contributed by atoms with E-state index >= 15 is 0 Å². The van der Waals surface area contributed by atoms with E-state index in [1.54, 1.807) is 18.2 Å². The van der Waals surface area contributed by atoms with Crippen molar-refractivity contribution in [3.8, 4) is 0 Å². The van der Waals surface area contributed by atoms with Crippen molar-refractivity contribution in [1.29, 1.82) is 0 Å². The van der Waals surface area contributed by atoms with Crippen molar-refractivity contribution >= 4 is 61.5 Å². The van der Waals surface area contributed by atoms with Crippen LogP contribution >= 0.6 is 22.9 Å². The van der Waals surface area contributed by atoms with Gasteiger partial charge in [-0.1, -0.05) is 22.9 Å². The number of anilines is 2. The summed E-state index contributed by atoms with van der Waals surface area (Å²) in [5.41, 5.74) is 0.141. The molecule has 0 bridgehead atoms. The number of nitro benzene ring substituents is 1. The minimum absolute atomic E-state index is 0.0319. The van der Waals surface area contributed by atoms with Crippen molar-refractivity contribution in [2.24, 2.45) is 5.92 Å². The summed E-state index contributed by atoms with van der Waals surface area (Å²) in [5, 5.41) is 14.6. The summed E-state index contributed by atoms with van der Waals surface area (Å²) in [6.45, 7) is 0.0319. The summed E-state index contributed by atoms with van der Waals surface area (Å²) < 4.78 is 14.4. The maximum Gasteiger partial charge on any atom is 0.306 e. The molecule has 1 atom stereocenters. The van der Waals surface area contributed by atoms with E-state index in [1.807, 2.05) is 0 Å². The Balaban J connectivity index is 1.50. The van der Waals surface area contributed by atoms with Gasteiger partial charge in [-0.3, -0.25) is 19.7 Å². The molecule has 148 valence electrons. The van der Waals surface area contributed by atoms with E-state index in [0.29, 0.717) is 15.7 Å². The van der Waals surface area contributed by atoms with E-state index in [4.69, 9.17) is 11.6 Å². The van der Waals surface area contributed by atoms with Crippen LogP contribution in [-0.4, -0.2) is 28.3 Å². The first-order valence-corrected chi connectivity index (χ1v) is 9.62. The molecule has 11 heteroatoms. The average Bonchev–Trinajstić information content (AvgIpc) is 3.24. The predicted octanol–water partition coefficient (Wildman–Crippen LogP) is 3.99. The van der Waals surface area contributed by atoms with Gasteiger partial charge in [-0.05, 0) is 30.3 Å². The molecule has 1 saturated heterocycles. The zero-order valence-corrected chi connectivity index (χ0v) is 16.2. The van der Waals surface area contributed by atoms with E-state index in [-0.39, 0.29) is 30.5 Å². The molecular formula is C18H12ClFN4O4S. The summed E-state index contributed by atoms with van der Waals surface area (Å²) in [6, 6.07) is 8.38. The van der Waals surface area contributed by atoms with Crippen LogP contribution in [0.2, 0.25) is 5.02 Å². The van der Waals surface area contributed by atoms with Crippen LogP contribution in [0.1, 0.15) is 6.42 Å². The molecule has 1 unspecified atom stereocenters. The Kier molecular flexibility index (Phi) is 4.89. The van der Waals surface area contributed by atoms with Gasteiger partial charge in [-0.25, -0.2) is 4.98 Å². The summed E-state index contributed by atoms with van der Waals surface area (Å²) in [6.07, 6.45) is -0.0618. The zero-order chi connectivity index (χ0) is 20.7. The Hall–Kier alpha value is -3.11. The normalized spacial score (nSPS) is 16.4. The van der Waals surface area contributed by atoms with Gasteiger partial charge in [-0.2, -0.15) is 4.39 Å². The quantitative estimate of drug-likeness (QED) is 0.493. The van der Waals surface area contributed by atoms with Gasteiger partial charge in [0.2, 0.25) is 17.6 Å². The molecule has 2 amide bonds. The summed E-state index contributed by atoms with van der Waals surface area (Å²) in [7, 11) is 0. The number of amides is 2. The van der Waals surface area contributed by atoms with Crippen molar-refractivity contribution < 1.29 is 18.9 Å². The number of carbonyl (C=O) groups is 2. The van der Waals surface area contributed by atoms with E-state index < -0.39 is 22.3 Å². The van der Waals surface area contributed by atoms with Gasteiger partial charge >= 0.3 is 5.69 Å². The molecule has 8 nitrogen and oxygen atoms in total. The molecule has 0 spiro atoms. The van der Waals surface area contributed by atoms with E-state index in [0.717, 1.165) is 16.8 Å². The van der Waals surface area contributed by atoms with Crippen LogP contribution in [0.25, 0.3) is 10.2 Å². The van der Waals surface area contributed by atoms with Gasteiger partial charge in [0.05, 0.1) is 26.7 Å². The molecule has 1 aliphatic rings. The van der Waals surface area contributed by atoms with Gasteiger partial charge in [-0.15, -0.1) is 0 Å². The SMILES string of the molecule is O=C(Nc1nc2ccc(Cl)cc2s1)C1CC(=O)N(c2ccc(F)c([N+](=O)[O-])c2)C1. The smallest absolute Gasteiger partial charge is 0.306 e. The first kappa shape index (κ1) is 19.2. The third kappa shape index (κ3) is 3.76. The van der Waals surface area contributed by atoms with Crippen LogP contribution in [0, 0.1) is 21.8 Å². The number of halogens is 2. The molecule has 0 aliphatic carbocycles. The van der Waals surface area contributed by atoms with Crippen molar-refractivity contribution in [2.75, 3.05) is 16.8 Å². The average molecular weight is 435 g/mol. The van der Waals surface area contributed by atoms with Crippen molar-refractivity contribution in [3.05, 3.63) is 57.4 Å². The highest BCUT2D eigenvalue weighted by atomic mass is 35.5. The largest absolute Gasteiger partial charge is 0.311 e. The molecule has 0 saturated carbocycles. The van der Waals surface area contributed by atoms with Gasteiger partial charge in [0, 0.05) is 24.1 Å². The lowest BCUT2D eigenvalue weighted by atomic mass is 10.1. The lowest BCUT2D eigenvalue weighted by molar-refractivity contribution is -0.387. The molecule has 2 heterocycles. The van der Waals surface area contributed by atoms with Gasteiger partial charge in [0.25, 0.3) is 0 Å². The second-order valence-corrected chi connectivity index (χ2v) is 7.89. The van der Waals surface area contributed by atoms with E-state index in [2.05, 4.69) is 10.3 Å². The van der Waals surface area contributed by atoms with Crippen LogP contribution in [-0.2, 0) is 9.59 Å². The Bertz CT molecular complexity index is 1170. The Labute approximate surface area is 172 Å². The molecule has 1 aliphatic heterocycles. The fourth-order valence-corrected chi connectivity index (χ4v) is 4.25. The van der Waals surface area contributed by atoms with Crippen molar-refractivity contribution in [1.82, 2.24) is 4.98 Å². The Morgan fingerprint density at radius 2 is 2.14 bits per heavy atom. The summed E-state index contributed by atoms with van der Waals surface area (Å²) in [5.74, 6) is -2.41. The number of carbonyl (C=O) groups excluding carboxylic acids is 2. The maximum atomic E-state index is 13.5. The van der Waals surface area contributed by atoms with Crippen LogP contribution in [0.4, 0.5) is 20.9 Å². The minimum atomic E-state index is -0.990. The molecular weight excluding hydrogens is 423 g/mol. The number of hydrogen-bond donors (Lipinski definition) is 1. The first-order chi connectivity index (χ1) is 13.8. The van der Waals surface area contributed by atoms with Crippen molar-refractivity contribution in [3.63, 3.8) is 0 Å². The molecule has 1 fully saturated rings. The molecule has 1 N–H and O–H groups in total. The molecule has 29 heavy (non-hydrogen) atoms. The number of rotatable bonds is 4. The number of benzene rings is 2. The third-order valence-corrected chi connectivity index (χ3v) is 5.68. The molecule has 4 rings (SSSR count). The highest BCUT2D eigenvalue weighted by Crippen LogP contribution is 2.32. The van der Waals surface area contributed by atoms with Gasteiger partial charge < -0.3 is 10.2 Å². The van der Waals surface area contributed by atoms with Crippen LogP contribution < -0.4 is 10.2 Å². The maximum absolute atomic E-state index is 13.5. The predicted molar refractivity (Wildman–Crippen MR) is 107 cm³/mol. The van der Waals surface area contributed by atoms with Crippen LogP contribution in [0.15, 0.2) is 36.4 Å². The second kappa shape index (κ2) is 7.37. The van der Waals surface area contributed by atoms with Crippen molar-refractivity contribution in [2.45, 2.75) is 6.42 Å². The number of thiazole rings is 1. The highest BCUT2D eigenvalue weighted by molar-refractivity contribution is 7.22. The second-order valence-electron chi connectivity index (χ2n) is 6.42. The number of nitrogens with one attached hydrogen (secondary N) is 1. The minimum Gasteiger partial charge on any atom is -0.311 e. The standard InChI is InChI=1S/C18H12ClFN4O4S/c19-10-1-4-13-15(6-10)29-18(21-13)22-17(26)9-5-16(25)23(8-9)11-2-3-12(20)14(7-11)24(27)28/h1-4,6-7,9H,5,8H2,(H,21,22,26). The van der Waals surface area contributed by atoms with E-state index in [9.17, 15) is 24.1 Å². The van der Waals surface area contributed by atoms with Crippen LogP contribution in [0.3, 0.4) is 0 Å². The Morgan fingerprint density at radius 1 is 1.34 bits per heavy atom. The zero-order valence-electron chi connectivity index (χ0n) is 14.6. The third-order valence-electron chi connectivity index (χ3n) is 4.51. The lowest BCUT2D eigenvalue weighted by Crippen LogP contribution is -2.28. The molecule has 2 aromatic carbocycles. The van der Waals surface area contributed by atoms with E-state index in [1.165, 1.54) is 22.3 Å². The van der Waals surface area contributed by atoms with Gasteiger partial charge in [0.15, 0.2) is 5.13 Å². The number of aromatic nitrogens is 1. The summed E-state index contributed by atoms with van der Waals surface area (Å²) in [4.78, 5) is 40.6. The monoisotopic (exact) mass is 434 g/mol. The fourth-order valence-electron chi connectivity index (χ4n) is 3.10. The highest BCUT2D eigenvalue weighted by Gasteiger charge is 2.36. The molecule has 3 aromatic rings. The fraction of sp³-hybridized carbons (Fsp3) is 0.167. The number of nitro groups is 1. The lowest BCUT2D eigenvalue weighted by Gasteiger charge is -2.16. The number of hydrogen-bond acceptors (Lipinski definition) is 6. The van der Waals surface area contributed by atoms with Crippen LogP contribution in [0.5, 0.6) is 0 Å². The van der Waals surface area contributed by atoms with Gasteiger partial charge in [0.1, 0.15) is 0 Å². The molecule has 0 radical (unpaired) electrons. The molecule has 1 aromatic heterocycles. The number of nitrogens with zero attached hydrogens (tertiary/aromatic N) is 3.